The number of aromatic nitrogens is 2. The van der Waals surface area contributed by atoms with Crippen LogP contribution in [0.25, 0.3) is 21.8 Å². The lowest BCUT2D eigenvalue weighted by Gasteiger charge is -2.38. The first-order valence-corrected chi connectivity index (χ1v) is 16.6. The largest absolute Gasteiger partial charge is 0.480 e. The molecule has 0 bridgehead atoms. The Balaban J connectivity index is 0.000000182. The second-order valence-corrected chi connectivity index (χ2v) is 14.0. The predicted molar refractivity (Wildman–Crippen MR) is 174 cm³/mol. The Morgan fingerprint density at radius 1 is 0.800 bits per heavy atom. The van der Waals surface area contributed by atoms with Gasteiger partial charge in [-0.1, -0.05) is 12.1 Å². The van der Waals surface area contributed by atoms with Crippen molar-refractivity contribution in [2.45, 2.75) is 84.9 Å². The Bertz CT molecular complexity index is 1720. The van der Waals surface area contributed by atoms with Crippen molar-refractivity contribution in [2.24, 2.45) is 0 Å². The Hall–Kier alpha value is -3.67. The molecular weight excluding hydrogens is 613 g/mol. The number of carboxylic acid groups (broad SMARTS) is 1. The number of carbonyl (C=O) groups is 3. The summed E-state index contributed by atoms with van der Waals surface area (Å²) in [7, 11) is 0. The van der Waals surface area contributed by atoms with Gasteiger partial charge < -0.3 is 19.7 Å². The standard InChI is InChI=1S/C19H21NO4S.C15H15NO3S/c1-3-23-18(22)19(8-4-9-19)25-17-7-10-20-16-6-5-14(11-15(16)17)12-24-13(2)21;17-9-10-2-3-12-11(8-10)13(4-7-16-12)20-15(14(18)19)5-1-6-15/h5-7,10-11H,3-4,8-9,12H2,1-2H3;2-4,7-8,17H,1,5-6,9H2,(H,18,19). The molecule has 2 fully saturated rings. The number of fused-ring (bicyclic) bond motifs is 2. The summed E-state index contributed by atoms with van der Waals surface area (Å²) >= 11 is 2.98. The fraction of sp³-hybridized carbons (Fsp3) is 0.382. The molecule has 236 valence electrons. The number of aliphatic hydroxyl groups excluding tert-OH is 1. The summed E-state index contributed by atoms with van der Waals surface area (Å²) in [6, 6.07) is 15.2. The summed E-state index contributed by atoms with van der Waals surface area (Å²) in [6.45, 7) is 3.82. The molecule has 2 aliphatic carbocycles. The fourth-order valence-electron chi connectivity index (χ4n) is 5.27. The van der Waals surface area contributed by atoms with E-state index >= 15 is 0 Å². The quantitative estimate of drug-likeness (QED) is 0.178. The van der Waals surface area contributed by atoms with E-state index in [2.05, 4.69) is 9.97 Å². The molecule has 0 unspecified atom stereocenters. The molecule has 0 saturated heterocycles. The van der Waals surface area contributed by atoms with Crippen LogP contribution in [0, 0.1) is 0 Å². The number of pyridine rings is 2. The lowest BCUT2D eigenvalue weighted by molar-refractivity contribution is -0.148. The van der Waals surface area contributed by atoms with Crippen molar-refractivity contribution >= 4 is 63.2 Å². The SMILES string of the molecule is CCOC(=O)C1(Sc2ccnc3ccc(COC(C)=O)cc23)CCC1.O=C(O)C1(Sc2ccnc3ccc(CO)cc23)CCC1. The molecular formula is C34H36N2O7S2. The van der Waals surface area contributed by atoms with Crippen LogP contribution in [0.4, 0.5) is 0 Å². The van der Waals surface area contributed by atoms with Crippen LogP contribution >= 0.6 is 23.5 Å². The number of benzene rings is 2. The normalized spacial score (nSPS) is 16.1. The molecule has 2 aromatic heterocycles. The molecule has 4 aromatic rings. The minimum absolute atomic E-state index is 0.0288. The molecule has 2 aromatic carbocycles. The number of carbonyl (C=O) groups excluding carboxylic acids is 2. The molecule has 0 aliphatic heterocycles. The van der Waals surface area contributed by atoms with Gasteiger partial charge in [0.1, 0.15) is 16.1 Å². The highest BCUT2D eigenvalue weighted by Gasteiger charge is 2.47. The molecule has 6 rings (SSSR count). The zero-order valence-electron chi connectivity index (χ0n) is 25.3. The van der Waals surface area contributed by atoms with Crippen LogP contribution in [0.15, 0.2) is 70.7 Å². The number of aliphatic carboxylic acids is 1. The summed E-state index contributed by atoms with van der Waals surface area (Å²) in [4.78, 5) is 45.6. The van der Waals surface area contributed by atoms with Gasteiger partial charge in [0.2, 0.25) is 0 Å². The predicted octanol–water partition coefficient (Wildman–Crippen LogP) is 6.70. The monoisotopic (exact) mass is 648 g/mol. The highest BCUT2D eigenvalue weighted by molar-refractivity contribution is 8.02. The average molecular weight is 649 g/mol. The average Bonchev–Trinajstić information content (AvgIpc) is 2.99. The van der Waals surface area contributed by atoms with Crippen LogP contribution in [0.2, 0.25) is 0 Å². The Labute approximate surface area is 270 Å². The molecule has 0 atom stereocenters. The molecule has 2 heterocycles. The van der Waals surface area contributed by atoms with E-state index < -0.39 is 15.5 Å². The topological polar surface area (TPSA) is 136 Å². The summed E-state index contributed by atoms with van der Waals surface area (Å²) in [6.07, 6.45) is 8.52. The fourth-order valence-corrected chi connectivity index (χ4v) is 8.14. The van der Waals surface area contributed by atoms with Crippen molar-refractivity contribution in [1.82, 2.24) is 9.97 Å². The van der Waals surface area contributed by atoms with E-state index in [9.17, 15) is 24.6 Å². The van der Waals surface area contributed by atoms with E-state index in [-0.39, 0.29) is 25.2 Å². The smallest absolute Gasteiger partial charge is 0.322 e. The summed E-state index contributed by atoms with van der Waals surface area (Å²) in [5.41, 5.74) is 3.39. The lowest BCUT2D eigenvalue weighted by atomic mass is 9.84. The van der Waals surface area contributed by atoms with Crippen molar-refractivity contribution in [3.05, 3.63) is 72.1 Å². The van der Waals surface area contributed by atoms with Gasteiger partial charge in [-0.2, -0.15) is 0 Å². The molecule has 0 radical (unpaired) electrons. The zero-order valence-corrected chi connectivity index (χ0v) is 26.9. The van der Waals surface area contributed by atoms with E-state index in [4.69, 9.17) is 9.47 Å². The van der Waals surface area contributed by atoms with Gasteiger partial charge in [0.05, 0.1) is 24.2 Å². The second-order valence-electron chi connectivity index (χ2n) is 11.2. The van der Waals surface area contributed by atoms with Gasteiger partial charge in [-0.25, -0.2) is 0 Å². The van der Waals surface area contributed by atoms with Crippen LogP contribution in [-0.2, 0) is 37.1 Å². The molecule has 2 aliphatic rings. The minimum Gasteiger partial charge on any atom is -0.480 e. The summed E-state index contributed by atoms with van der Waals surface area (Å²) in [5.74, 6) is -1.18. The van der Waals surface area contributed by atoms with E-state index in [0.717, 1.165) is 68.4 Å². The van der Waals surface area contributed by atoms with Crippen LogP contribution in [0.1, 0.15) is 63.5 Å². The van der Waals surface area contributed by atoms with Gasteiger partial charge in [-0.3, -0.25) is 24.4 Å². The van der Waals surface area contributed by atoms with E-state index in [1.807, 2.05) is 55.5 Å². The molecule has 9 nitrogen and oxygen atoms in total. The Morgan fingerprint density at radius 3 is 1.80 bits per heavy atom. The number of ether oxygens (including phenoxy) is 2. The highest BCUT2D eigenvalue weighted by Crippen LogP contribution is 2.50. The Kier molecular flexibility index (Phi) is 10.3. The van der Waals surface area contributed by atoms with Gasteiger partial charge in [-0.05, 0) is 93.0 Å². The van der Waals surface area contributed by atoms with Crippen LogP contribution in [0.5, 0.6) is 0 Å². The number of esters is 2. The maximum Gasteiger partial charge on any atom is 0.322 e. The van der Waals surface area contributed by atoms with Gasteiger partial charge in [0, 0.05) is 39.9 Å². The van der Waals surface area contributed by atoms with Gasteiger partial charge >= 0.3 is 17.9 Å². The highest BCUT2D eigenvalue weighted by atomic mass is 32.2. The van der Waals surface area contributed by atoms with E-state index in [1.54, 1.807) is 24.2 Å². The minimum atomic E-state index is -0.739. The van der Waals surface area contributed by atoms with E-state index in [0.29, 0.717) is 19.4 Å². The lowest BCUT2D eigenvalue weighted by Crippen LogP contribution is -2.43. The van der Waals surface area contributed by atoms with Crippen LogP contribution < -0.4 is 0 Å². The molecule has 0 amide bonds. The number of carboxylic acids is 1. The molecule has 11 heteroatoms. The maximum atomic E-state index is 12.4. The van der Waals surface area contributed by atoms with E-state index in [1.165, 1.54) is 18.7 Å². The third kappa shape index (κ3) is 7.26. The molecule has 45 heavy (non-hydrogen) atoms. The van der Waals surface area contributed by atoms with Gasteiger partial charge in [0.15, 0.2) is 0 Å². The first-order chi connectivity index (χ1) is 21.7. The third-order valence-corrected chi connectivity index (χ3v) is 11.2. The molecule has 2 N–H and O–H groups in total. The summed E-state index contributed by atoms with van der Waals surface area (Å²) < 4.78 is 9.19. The van der Waals surface area contributed by atoms with Crippen molar-refractivity contribution in [3.63, 3.8) is 0 Å². The number of hydrogen-bond donors (Lipinski definition) is 2. The van der Waals surface area contributed by atoms with Crippen molar-refractivity contribution in [2.75, 3.05) is 6.61 Å². The second kappa shape index (κ2) is 14.2. The number of aliphatic hydroxyl groups is 1. The number of hydrogen-bond acceptors (Lipinski definition) is 10. The molecule has 0 spiro atoms. The first-order valence-electron chi connectivity index (χ1n) is 15.0. The third-order valence-electron chi connectivity index (χ3n) is 8.13. The first kappa shape index (κ1) is 32.7. The van der Waals surface area contributed by atoms with Crippen molar-refractivity contribution in [1.29, 1.82) is 0 Å². The van der Waals surface area contributed by atoms with Crippen LogP contribution in [-0.4, -0.2) is 54.2 Å². The summed E-state index contributed by atoms with van der Waals surface area (Å²) in [5, 5.41) is 20.6. The van der Waals surface area contributed by atoms with Gasteiger partial charge in [-0.15, -0.1) is 23.5 Å². The number of thioether (sulfide) groups is 2. The van der Waals surface area contributed by atoms with Gasteiger partial charge in [0.25, 0.3) is 0 Å². The maximum absolute atomic E-state index is 12.4. The van der Waals surface area contributed by atoms with Crippen molar-refractivity contribution in [3.8, 4) is 0 Å². The number of rotatable bonds is 10. The molecule has 2 saturated carbocycles. The van der Waals surface area contributed by atoms with Crippen molar-refractivity contribution < 1.29 is 34.1 Å². The number of nitrogens with zero attached hydrogens (tertiary/aromatic N) is 2. The van der Waals surface area contributed by atoms with Crippen LogP contribution in [0.3, 0.4) is 0 Å². The zero-order chi connectivity index (χ0) is 32.0. The Morgan fingerprint density at radius 2 is 1.33 bits per heavy atom.